The summed E-state index contributed by atoms with van der Waals surface area (Å²) in [5, 5.41) is 3.39. The van der Waals surface area contributed by atoms with Gasteiger partial charge in [-0.1, -0.05) is 13.5 Å². The number of nitrogens with two attached hydrogens (primary N) is 1. The van der Waals surface area contributed by atoms with E-state index in [0.717, 1.165) is 19.6 Å². The van der Waals surface area contributed by atoms with Gasteiger partial charge in [0.1, 0.15) is 0 Å². The van der Waals surface area contributed by atoms with Gasteiger partial charge in [0, 0.05) is 28.7 Å². The van der Waals surface area contributed by atoms with Gasteiger partial charge in [-0.05, 0) is 44.6 Å². The Labute approximate surface area is 111 Å². The first kappa shape index (κ1) is 17.3. The van der Waals surface area contributed by atoms with Crippen LogP contribution < -0.4 is 11.1 Å². The number of hydrogen-bond donors (Lipinski definition) is 2. The third-order valence-electron chi connectivity index (χ3n) is 2.61. The predicted octanol–water partition coefficient (Wildman–Crippen LogP) is 1.42. The van der Waals surface area contributed by atoms with Crippen LogP contribution in [0.2, 0.25) is 32.2 Å². The molecule has 0 saturated carbocycles. The summed E-state index contributed by atoms with van der Waals surface area (Å²) in [6.45, 7) is 14.3. The molecule has 0 fully saturated rings. The number of rotatable bonds is 10. The van der Waals surface area contributed by atoms with Gasteiger partial charge < -0.3 is 15.5 Å². The van der Waals surface area contributed by atoms with E-state index >= 15 is 0 Å². The lowest BCUT2D eigenvalue weighted by Gasteiger charge is -2.28. The topological polar surface area (TPSA) is 47.3 Å². The lowest BCUT2D eigenvalue weighted by molar-refractivity contribution is 0.181. The van der Waals surface area contributed by atoms with Crippen molar-refractivity contribution in [2.75, 3.05) is 19.6 Å². The van der Waals surface area contributed by atoms with E-state index in [4.69, 9.17) is 10.2 Å². The average Bonchev–Trinajstić information content (AvgIpc) is 2.15. The fourth-order valence-electron chi connectivity index (χ4n) is 2.03. The molecule has 0 aromatic carbocycles. The summed E-state index contributed by atoms with van der Waals surface area (Å²) in [5.41, 5.74) is 5.47. The zero-order chi connectivity index (χ0) is 13.3. The molecule has 0 saturated heterocycles. The second-order valence-electron chi connectivity index (χ2n) is 5.97. The Balaban J connectivity index is 3.97. The lowest BCUT2D eigenvalue weighted by atomic mass is 10.0. The highest BCUT2D eigenvalue weighted by Crippen LogP contribution is 2.17. The van der Waals surface area contributed by atoms with Gasteiger partial charge in [0.25, 0.3) is 0 Å². The van der Waals surface area contributed by atoms with Gasteiger partial charge in [-0.25, -0.2) is 0 Å². The molecule has 0 amide bonds. The minimum absolute atomic E-state index is 0.0879. The van der Waals surface area contributed by atoms with Crippen molar-refractivity contribution < 1.29 is 4.43 Å². The van der Waals surface area contributed by atoms with Crippen LogP contribution in [0.4, 0.5) is 0 Å². The molecular formula is C12H32N2OSi2. The quantitative estimate of drug-likeness (QED) is 0.469. The van der Waals surface area contributed by atoms with Gasteiger partial charge in [-0.2, -0.15) is 0 Å². The summed E-state index contributed by atoms with van der Waals surface area (Å²) in [6, 6.07) is 1.32. The number of nitrogens with one attached hydrogen (secondary N) is 1. The van der Waals surface area contributed by atoms with Crippen molar-refractivity contribution in [2.24, 2.45) is 11.7 Å². The molecule has 0 aliphatic heterocycles. The van der Waals surface area contributed by atoms with Gasteiger partial charge in [0.2, 0.25) is 0 Å². The number of hydrogen-bond acceptors (Lipinski definition) is 3. The molecule has 3 nitrogen and oxygen atoms in total. The highest BCUT2D eigenvalue weighted by molar-refractivity contribution is 6.69. The maximum atomic E-state index is 6.28. The summed E-state index contributed by atoms with van der Waals surface area (Å²) in [6.07, 6.45) is 1.70. The van der Waals surface area contributed by atoms with Crippen LogP contribution in [0.5, 0.6) is 0 Å². The van der Waals surface area contributed by atoms with E-state index in [0.29, 0.717) is 12.0 Å². The summed E-state index contributed by atoms with van der Waals surface area (Å²) in [5.74, 6) is 0.684. The lowest BCUT2D eigenvalue weighted by Crippen LogP contribution is -2.35. The first-order chi connectivity index (χ1) is 7.89. The Morgan fingerprint density at radius 2 is 2.00 bits per heavy atom. The average molecular weight is 277 g/mol. The van der Waals surface area contributed by atoms with Crippen molar-refractivity contribution in [1.82, 2.24) is 5.32 Å². The summed E-state index contributed by atoms with van der Waals surface area (Å²) >= 11 is 0. The van der Waals surface area contributed by atoms with Crippen molar-refractivity contribution in [3.05, 3.63) is 0 Å². The molecule has 0 aliphatic carbocycles. The minimum Gasteiger partial charge on any atom is -0.415 e. The fourth-order valence-corrected chi connectivity index (χ4v) is 4.48. The van der Waals surface area contributed by atoms with Gasteiger partial charge in [0.15, 0.2) is 8.32 Å². The molecule has 5 heteroatoms. The molecule has 17 heavy (non-hydrogen) atoms. The molecule has 0 spiro atoms. The first-order valence-electron chi connectivity index (χ1n) is 6.97. The van der Waals surface area contributed by atoms with Crippen LogP contribution in [0, 0.1) is 5.92 Å². The molecule has 2 unspecified atom stereocenters. The van der Waals surface area contributed by atoms with E-state index in [2.05, 4.69) is 38.4 Å². The van der Waals surface area contributed by atoms with E-state index in [9.17, 15) is 0 Å². The smallest absolute Gasteiger partial charge is 0.184 e. The Kier molecular flexibility index (Phi) is 9.44. The minimum atomic E-state index is -1.38. The van der Waals surface area contributed by atoms with Gasteiger partial charge >= 0.3 is 0 Å². The molecule has 0 heterocycles. The molecule has 0 rings (SSSR count). The van der Waals surface area contributed by atoms with E-state index in [-0.39, 0.29) is 9.52 Å². The van der Waals surface area contributed by atoms with Crippen LogP contribution >= 0.6 is 0 Å². The van der Waals surface area contributed by atoms with Crippen LogP contribution in [0.1, 0.15) is 13.3 Å². The van der Waals surface area contributed by atoms with Crippen LogP contribution in [0.25, 0.3) is 0 Å². The molecule has 2 atom stereocenters. The Bertz CT molecular complexity index is 186. The van der Waals surface area contributed by atoms with Gasteiger partial charge in [-0.15, -0.1) is 0 Å². The summed E-state index contributed by atoms with van der Waals surface area (Å²) in [7, 11) is -1.29. The molecule has 0 radical (unpaired) electrons. The third kappa shape index (κ3) is 11.2. The second kappa shape index (κ2) is 9.27. The molecule has 104 valence electrons. The standard InChI is InChI=1S/C12H32N2OSi2/c1-11(9-14-7-6-13)8-12(10-16-2)15-17(3,4)5/h11-12,14H,6-10,13,16H2,1-5H3. The van der Waals surface area contributed by atoms with Crippen molar-refractivity contribution in [2.45, 2.75) is 51.7 Å². The SMILES string of the molecule is C[SiH2]CC(CC(C)CNCCN)O[Si](C)(C)C. The second-order valence-corrected chi connectivity index (χ2v) is 12.0. The maximum absolute atomic E-state index is 6.28. The Morgan fingerprint density at radius 3 is 2.47 bits per heavy atom. The summed E-state index contributed by atoms with van der Waals surface area (Å²) in [4.78, 5) is 0. The zero-order valence-electron chi connectivity index (χ0n) is 12.4. The van der Waals surface area contributed by atoms with E-state index in [1.165, 1.54) is 12.5 Å². The highest BCUT2D eigenvalue weighted by Gasteiger charge is 2.21. The zero-order valence-corrected chi connectivity index (χ0v) is 14.8. The predicted molar refractivity (Wildman–Crippen MR) is 83.1 cm³/mol. The van der Waals surface area contributed by atoms with E-state index in [1.807, 2.05) is 0 Å². The van der Waals surface area contributed by atoms with Gasteiger partial charge in [-0.3, -0.25) is 0 Å². The molecule has 0 aromatic rings. The van der Waals surface area contributed by atoms with Crippen LogP contribution in [-0.4, -0.2) is 43.6 Å². The first-order valence-corrected chi connectivity index (χ1v) is 12.8. The van der Waals surface area contributed by atoms with Crippen LogP contribution in [0.15, 0.2) is 0 Å². The molecular weight excluding hydrogens is 244 g/mol. The summed E-state index contributed by atoms with van der Waals surface area (Å²) < 4.78 is 6.28. The highest BCUT2D eigenvalue weighted by atomic mass is 28.4. The van der Waals surface area contributed by atoms with Crippen LogP contribution in [0.3, 0.4) is 0 Å². The van der Waals surface area contributed by atoms with Crippen molar-refractivity contribution in [1.29, 1.82) is 0 Å². The largest absolute Gasteiger partial charge is 0.415 e. The molecule has 0 bridgehead atoms. The molecule has 3 N–H and O–H groups in total. The Hall–Kier alpha value is 0.314. The Morgan fingerprint density at radius 1 is 1.35 bits per heavy atom. The van der Waals surface area contributed by atoms with Crippen LogP contribution in [-0.2, 0) is 4.43 Å². The normalized spacial score (nSPS) is 16.6. The molecule has 0 aromatic heterocycles. The molecule has 0 aliphatic rings. The van der Waals surface area contributed by atoms with Crippen molar-refractivity contribution in [3.63, 3.8) is 0 Å². The van der Waals surface area contributed by atoms with E-state index < -0.39 is 8.32 Å². The third-order valence-corrected chi connectivity index (χ3v) is 4.87. The fraction of sp³-hybridized carbons (Fsp3) is 1.00. The van der Waals surface area contributed by atoms with E-state index in [1.54, 1.807) is 0 Å². The monoisotopic (exact) mass is 276 g/mol. The van der Waals surface area contributed by atoms with Crippen molar-refractivity contribution >= 4 is 17.8 Å². The van der Waals surface area contributed by atoms with Gasteiger partial charge in [0.05, 0.1) is 0 Å². The van der Waals surface area contributed by atoms with Crippen molar-refractivity contribution in [3.8, 4) is 0 Å². The maximum Gasteiger partial charge on any atom is 0.184 e.